The molecule has 0 saturated heterocycles. The van der Waals surface area contributed by atoms with Crippen LogP contribution in [0.2, 0.25) is 0 Å². The average Bonchev–Trinajstić information content (AvgIpc) is 2.78. The van der Waals surface area contributed by atoms with Gasteiger partial charge < -0.3 is 14.8 Å². The summed E-state index contributed by atoms with van der Waals surface area (Å²) in [6, 6.07) is 21.7. The first kappa shape index (κ1) is 22.1. The highest BCUT2D eigenvalue weighted by Crippen LogP contribution is 2.28. The molecule has 0 radical (unpaired) electrons. The molecule has 0 saturated carbocycles. The molecule has 0 aliphatic carbocycles. The van der Waals surface area contributed by atoms with Crippen molar-refractivity contribution < 1.29 is 19.1 Å². The molecule has 5 nitrogen and oxygen atoms in total. The van der Waals surface area contributed by atoms with Crippen molar-refractivity contribution in [3.8, 4) is 5.75 Å². The largest absolute Gasteiger partial charge is 0.495 e. The Morgan fingerprint density at radius 3 is 2.16 bits per heavy atom. The highest BCUT2D eigenvalue weighted by Gasteiger charge is 2.26. The van der Waals surface area contributed by atoms with E-state index in [0.717, 1.165) is 11.1 Å². The van der Waals surface area contributed by atoms with E-state index in [0.29, 0.717) is 28.5 Å². The van der Waals surface area contributed by atoms with Gasteiger partial charge in [0.2, 0.25) is 6.10 Å². The zero-order valence-electron chi connectivity index (χ0n) is 18.2. The monoisotopic (exact) mass is 417 g/mol. The SMILES string of the molecule is COc1ccc(C)cc1NC(=O)[C@@H](OC(=O)c1ccc(C(C)C)cc1)c1ccccc1. The maximum absolute atomic E-state index is 13.2. The molecule has 0 bridgehead atoms. The van der Waals surface area contributed by atoms with Crippen LogP contribution < -0.4 is 10.1 Å². The number of anilines is 1. The predicted molar refractivity (Wildman–Crippen MR) is 121 cm³/mol. The van der Waals surface area contributed by atoms with E-state index in [1.54, 1.807) is 42.5 Å². The third-order valence-electron chi connectivity index (χ3n) is 4.99. The van der Waals surface area contributed by atoms with E-state index < -0.39 is 18.0 Å². The Balaban J connectivity index is 1.86. The van der Waals surface area contributed by atoms with Crippen molar-refractivity contribution in [2.75, 3.05) is 12.4 Å². The molecular formula is C26H27NO4. The van der Waals surface area contributed by atoms with E-state index in [1.165, 1.54) is 7.11 Å². The molecular weight excluding hydrogens is 390 g/mol. The molecule has 0 fully saturated rings. The normalized spacial score (nSPS) is 11.6. The van der Waals surface area contributed by atoms with Crippen LogP contribution in [0.15, 0.2) is 72.8 Å². The zero-order valence-corrected chi connectivity index (χ0v) is 18.2. The van der Waals surface area contributed by atoms with Crippen LogP contribution >= 0.6 is 0 Å². The van der Waals surface area contributed by atoms with Crippen LogP contribution in [0.3, 0.4) is 0 Å². The first-order valence-corrected chi connectivity index (χ1v) is 10.2. The van der Waals surface area contributed by atoms with E-state index in [1.807, 2.05) is 37.3 Å². The Hall–Kier alpha value is -3.60. The Morgan fingerprint density at radius 2 is 1.55 bits per heavy atom. The Kier molecular flexibility index (Phi) is 7.08. The average molecular weight is 418 g/mol. The van der Waals surface area contributed by atoms with Crippen molar-refractivity contribution in [3.63, 3.8) is 0 Å². The topological polar surface area (TPSA) is 64.6 Å². The van der Waals surface area contributed by atoms with Crippen molar-refractivity contribution in [1.29, 1.82) is 0 Å². The number of methoxy groups -OCH3 is 1. The van der Waals surface area contributed by atoms with Gasteiger partial charge in [0, 0.05) is 5.56 Å². The van der Waals surface area contributed by atoms with Gasteiger partial charge in [0.05, 0.1) is 18.4 Å². The summed E-state index contributed by atoms with van der Waals surface area (Å²) in [7, 11) is 1.54. The van der Waals surface area contributed by atoms with Crippen LogP contribution in [0.1, 0.15) is 52.9 Å². The molecule has 0 heterocycles. The summed E-state index contributed by atoms with van der Waals surface area (Å²) >= 11 is 0. The van der Waals surface area contributed by atoms with Crippen LogP contribution in [0.5, 0.6) is 5.75 Å². The molecule has 1 N–H and O–H groups in total. The van der Waals surface area contributed by atoms with Crippen LogP contribution in [0.4, 0.5) is 5.69 Å². The number of rotatable bonds is 7. The van der Waals surface area contributed by atoms with E-state index in [2.05, 4.69) is 19.2 Å². The Morgan fingerprint density at radius 1 is 0.871 bits per heavy atom. The van der Waals surface area contributed by atoms with E-state index in [-0.39, 0.29) is 0 Å². The third kappa shape index (κ3) is 5.51. The summed E-state index contributed by atoms with van der Waals surface area (Å²) in [5.74, 6) is -0.128. The van der Waals surface area contributed by atoms with Gasteiger partial charge in [0.1, 0.15) is 5.75 Å². The second kappa shape index (κ2) is 9.94. The fourth-order valence-corrected chi connectivity index (χ4v) is 3.20. The first-order chi connectivity index (χ1) is 14.9. The van der Waals surface area contributed by atoms with Gasteiger partial charge in [-0.2, -0.15) is 0 Å². The minimum Gasteiger partial charge on any atom is -0.495 e. The zero-order chi connectivity index (χ0) is 22.4. The van der Waals surface area contributed by atoms with Crippen LogP contribution in [0.25, 0.3) is 0 Å². The number of nitrogens with one attached hydrogen (secondary N) is 1. The molecule has 0 aromatic heterocycles. The molecule has 0 unspecified atom stereocenters. The summed E-state index contributed by atoms with van der Waals surface area (Å²) in [6.07, 6.45) is -1.11. The van der Waals surface area contributed by atoms with Crippen LogP contribution in [-0.4, -0.2) is 19.0 Å². The van der Waals surface area contributed by atoms with Gasteiger partial charge in [-0.1, -0.05) is 62.4 Å². The van der Waals surface area contributed by atoms with Crippen molar-refractivity contribution in [1.82, 2.24) is 0 Å². The predicted octanol–water partition coefficient (Wildman–Crippen LogP) is 5.66. The Bertz CT molecular complexity index is 1040. The van der Waals surface area contributed by atoms with Crippen molar-refractivity contribution in [3.05, 3.63) is 95.1 Å². The number of carbonyl (C=O) groups is 2. The van der Waals surface area contributed by atoms with Gasteiger partial charge in [0.25, 0.3) is 5.91 Å². The van der Waals surface area contributed by atoms with Gasteiger partial charge >= 0.3 is 5.97 Å². The second-order valence-electron chi connectivity index (χ2n) is 7.67. The lowest BCUT2D eigenvalue weighted by atomic mass is 10.0. The molecule has 3 aromatic rings. The highest BCUT2D eigenvalue weighted by atomic mass is 16.5. The molecule has 0 aliphatic rings. The van der Waals surface area contributed by atoms with E-state index >= 15 is 0 Å². The standard InChI is InChI=1S/C26H27NO4/c1-17(2)19-11-13-21(14-12-19)26(29)31-24(20-8-6-5-7-9-20)25(28)27-22-16-18(3)10-15-23(22)30-4/h5-17,24H,1-4H3,(H,27,28)/t24-/m0/s1. The number of hydrogen-bond donors (Lipinski definition) is 1. The molecule has 160 valence electrons. The van der Waals surface area contributed by atoms with Crippen molar-refractivity contribution >= 4 is 17.6 Å². The summed E-state index contributed by atoms with van der Waals surface area (Å²) < 4.78 is 11.0. The fraction of sp³-hybridized carbons (Fsp3) is 0.231. The summed E-state index contributed by atoms with van der Waals surface area (Å²) in [4.78, 5) is 26.0. The fourth-order valence-electron chi connectivity index (χ4n) is 3.20. The lowest BCUT2D eigenvalue weighted by Crippen LogP contribution is -2.26. The lowest BCUT2D eigenvalue weighted by molar-refractivity contribution is -0.125. The molecule has 31 heavy (non-hydrogen) atoms. The van der Waals surface area contributed by atoms with Gasteiger partial charge in [-0.25, -0.2) is 4.79 Å². The maximum Gasteiger partial charge on any atom is 0.339 e. The minimum absolute atomic E-state index is 0.359. The number of hydrogen-bond acceptors (Lipinski definition) is 4. The number of esters is 1. The van der Waals surface area contributed by atoms with E-state index in [4.69, 9.17) is 9.47 Å². The molecule has 3 rings (SSSR count). The summed E-state index contributed by atoms with van der Waals surface area (Å²) in [5.41, 5.74) is 3.59. The molecule has 3 aromatic carbocycles. The molecule has 0 spiro atoms. The molecule has 0 aliphatic heterocycles. The summed E-state index contributed by atoms with van der Waals surface area (Å²) in [5, 5.41) is 2.84. The smallest absolute Gasteiger partial charge is 0.339 e. The molecule has 1 atom stereocenters. The number of carbonyl (C=O) groups excluding carboxylic acids is 2. The van der Waals surface area contributed by atoms with Crippen molar-refractivity contribution in [2.45, 2.75) is 32.8 Å². The lowest BCUT2D eigenvalue weighted by Gasteiger charge is -2.19. The van der Waals surface area contributed by atoms with Crippen LogP contribution in [0, 0.1) is 6.92 Å². The van der Waals surface area contributed by atoms with Gasteiger partial charge in [-0.15, -0.1) is 0 Å². The minimum atomic E-state index is -1.11. The van der Waals surface area contributed by atoms with Gasteiger partial charge in [0.15, 0.2) is 0 Å². The Labute approximate surface area is 183 Å². The van der Waals surface area contributed by atoms with Crippen LogP contribution in [-0.2, 0) is 9.53 Å². The second-order valence-corrected chi connectivity index (χ2v) is 7.67. The molecule has 1 amide bonds. The third-order valence-corrected chi connectivity index (χ3v) is 4.99. The van der Waals surface area contributed by atoms with Gasteiger partial charge in [-0.05, 0) is 48.2 Å². The molecule has 5 heteroatoms. The number of benzene rings is 3. The maximum atomic E-state index is 13.2. The summed E-state index contributed by atoms with van der Waals surface area (Å²) in [6.45, 7) is 6.09. The van der Waals surface area contributed by atoms with Gasteiger partial charge in [-0.3, -0.25) is 4.79 Å². The first-order valence-electron chi connectivity index (χ1n) is 10.2. The highest BCUT2D eigenvalue weighted by molar-refractivity contribution is 5.99. The quantitative estimate of drug-likeness (QED) is 0.504. The van der Waals surface area contributed by atoms with E-state index in [9.17, 15) is 9.59 Å². The number of ether oxygens (including phenoxy) is 2. The number of amides is 1. The number of aryl methyl sites for hydroxylation is 1. The van der Waals surface area contributed by atoms with Crippen molar-refractivity contribution in [2.24, 2.45) is 0 Å².